The van der Waals surface area contributed by atoms with Crippen molar-refractivity contribution in [2.75, 3.05) is 0 Å². The Labute approximate surface area is 115 Å². The monoisotopic (exact) mass is 272 g/mol. The Morgan fingerprint density at radius 1 is 1.05 bits per heavy atom. The van der Waals surface area contributed by atoms with Gasteiger partial charge in [-0.15, -0.1) is 0 Å². The summed E-state index contributed by atoms with van der Waals surface area (Å²) in [7, 11) is 0. The molecule has 0 aliphatic carbocycles. The van der Waals surface area contributed by atoms with Gasteiger partial charge in [0.15, 0.2) is 0 Å². The third-order valence-corrected chi connectivity index (χ3v) is 1.86. The van der Waals surface area contributed by atoms with E-state index in [0.717, 1.165) is 0 Å². The number of rotatable bonds is 5. The van der Waals surface area contributed by atoms with Gasteiger partial charge in [0, 0.05) is 6.42 Å². The molecule has 19 heavy (non-hydrogen) atoms. The predicted octanol–water partition coefficient (Wildman–Crippen LogP) is 1.98. The highest BCUT2D eigenvalue weighted by Gasteiger charge is 2.22. The van der Waals surface area contributed by atoms with E-state index in [1.165, 1.54) is 0 Å². The molecule has 0 fully saturated rings. The minimum absolute atomic E-state index is 0.133. The largest absolute Gasteiger partial charge is 0.460 e. The molecular formula is C14H26NO4. The lowest BCUT2D eigenvalue weighted by Crippen LogP contribution is -2.37. The molecule has 5 nitrogen and oxygen atoms in total. The van der Waals surface area contributed by atoms with Crippen LogP contribution in [-0.4, -0.2) is 29.2 Å². The fourth-order valence-corrected chi connectivity index (χ4v) is 1.24. The summed E-state index contributed by atoms with van der Waals surface area (Å²) in [4.78, 5) is 23.0. The topological polar surface area (TPSA) is 78.6 Å². The lowest BCUT2D eigenvalue weighted by molar-refractivity contribution is -0.157. The molecule has 111 valence electrons. The Morgan fingerprint density at radius 2 is 1.53 bits per heavy atom. The van der Waals surface area contributed by atoms with Crippen LogP contribution in [0.25, 0.3) is 0 Å². The fraction of sp³-hybridized carbons (Fsp3) is 0.786. The standard InChI is InChI=1S/C14H26NO4/c1-13(2,3)18-11(16)9-7-8-10(15)12(17)19-14(4,5)6/h7,10H,8-9,15H2,1-6H3/t10-/m0/s1. The maximum Gasteiger partial charge on any atom is 0.323 e. The third kappa shape index (κ3) is 10.5. The Kier molecular flexibility index (Phi) is 6.49. The van der Waals surface area contributed by atoms with Crippen molar-refractivity contribution in [2.24, 2.45) is 5.73 Å². The van der Waals surface area contributed by atoms with Gasteiger partial charge in [0.25, 0.3) is 0 Å². The van der Waals surface area contributed by atoms with Crippen molar-refractivity contribution in [2.45, 2.75) is 71.6 Å². The van der Waals surface area contributed by atoms with E-state index in [4.69, 9.17) is 15.2 Å². The quantitative estimate of drug-likeness (QED) is 0.774. The van der Waals surface area contributed by atoms with Gasteiger partial charge in [-0.2, -0.15) is 0 Å². The summed E-state index contributed by atoms with van der Waals surface area (Å²) in [5, 5.41) is 0. The molecule has 0 unspecified atom stereocenters. The lowest BCUT2D eigenvalue weighted by atomic mass is 10.1. The summed E-state index contributed by atoms with van der Waals surface area (Å²) in [6.45, 7) is 10.7. The predicted molar refractivity (Wildman–Crippen MR) is 73.2 cm³/mol. The van der Waals surface area contributed by atoms with E-state index in [-0.39, 0.29) is 18.8 Å². The maximum absolute atomic E-state index is 11.6. The molecule has 0 aliphatic heterocycles. The first-order valence-electron chi connectivity index (χ1n) is 6.43. The summed E-state index contributed by atoms with van der Waals surface area (Å²) >= 11 is 0. The Morgan fingerprint density at radius 3 is 1.95 bits per heavy atom. The van der Waals surface area contributed by atoms with Crippen LogP contribution in [0.4, 0.5) is 0 Å². The van der Waals surface area contributed by atoms with Gasteiger partial charge in [0.1, 0.15) is 17.2 Å². The molecule has 0 bridgehead atoms. The Bertz CT molecular complexity index is 312. The molecule has 0 spiro atoms. The van der Waals surface area contributed by atoms with Crippen molar-refractivity contribution in [1.29, 1.82) is 0 Å². The van der Waals surface area contributed by atoms with E-state index in [1.54, 1.807) is 48.0 Å². The number of hydrogen-bond donors (Lipinski definition) is 1. The number of esters is 2. The molecule has 0 aromatic rings. The average molecular weight is 272 g/mol. The van der Waals surface area contributed by atoms with Crippen molar-refractivity contribution in [3.8, 4) is 0 Å². The van der Waals surface area contributed by atoms with E-state index >= 15 is 0 Å². The zero-order valence-corrected chi connectivity index (χ0v) is 12.8. The number of carbonyl (C=O) groups is 2. The van der Waals surface area contributed by atoms with Crippen molar-refractivity contribution in [3.63, 3.8) is 0 Å². The van der Waals surface area contributed by atoms with Crippen molar-refractivity contribution in [1.82, 2.24) is 0 Å². The smallest absolute Gasteiger partial charge is 0.323 e. The number of carbonyl (C=O) groups excluding carboxylic acids is 2. The van der Waals surface area contributed by atoms with E-state index in [2.05, 4.69) is 0 Å². The minimum atomic E-state index is -0.748. The first kappa shape index (κ1) is 17.9. The van der Waals surface area contributed by atoms with Gasteiger partial charge in [-0.25, -0.2) is 0 Å². The molecule has 0 aromatic heterocycles. The fourth-order valence-electron chi connectivity index (χ4n) is 1.24. The van der Waals surface area contributed by atoms with Crippen LogP contribution in [0.5, 0.6) is 0 Å². The molecular weight excluding hydrogens is 246 g/mol. The highest BCUT2D eigenvalue weighted by atomic mass is 16.6. The molecule has 1 atom stereocenters. The second kappa shape index (κ2) is 6.89. The lowest BCUT2D eigenvalue weighted by Gasteiger charge is -2.22. The second-order valence-corrected chi connectivity index (χ2v) is 6.45. The number of nitrogens with two attached hydrogens (primary N) is 1. The molecule has 0 amide bonds. The molecule has 0 aromatic carbocycles. The maximum atomic E-state index is 11.6. The Balaban J connectivity index is 3.95. The SMILES string of the molecule is CC(C)(C)OC(=O)C[CH]C[C@H](N)C(=O)OC(C)(C)C. The summed E-state index contributed by atoms with van der Waals surface area (Å²) in [5.41, 5.74) is 4.62. The first-order valence-corrected chi connectivity index (χ1v) is 6.43. The summed E-state index contributed by atoms with van der Waals surface area (Å²) < 4.78 is 10.3. The van der Waals surface area contributed by atoms with Crippen LogP contribution < -0.4 is 5.73 Å². The van der Waals surface area contributed by atoms with Crippen molar-refractivity contribution >= 4 is 11.9 Å². The average Bonchev–Trinajstić information content (AvgIpc) is 2.11. The summed E-state index contributed by atoms with van der Waals surface area (Å²) in [5.74, 6) is -0.795. The molecule has 0 saturated carbocycles. The van der Waals surface area contributed by atoms with E-state index in [0.29, 0.717) is 0 Å². The molecule has 0 aliphatic rings. The molecule has 1 radical (unpaired) electrons. The highest BCUT2D eigenvalue weighted by Crippen LogP contribution is 2.12. The minimum Gasteiger partial charge on any atom is -0.460 e. The molecule has 0 saturated heterocycles. The van der Waals surface area contributed by atoms with Crippen LogP contribution >= 0.6 is 0 Å². The van der Waals surface area contributed by atoms with Gasteiger partial charge < -0.3 is 15.2 Å². The second-order valence-electron chi connectivity index (χ2n) is 6.45. The van der Waals surface area contributed by atoms with Crippen LogP contribution in [0.3, 0.4) is 0 Å². The van der Waals surface area contributed by atoms with E-state index in [9.17, 15) is 9.59 Å². The number of hydrogen-bond acceptors (Lipinski definition) is 5. The first-order chi connectivity index (χ1) is 8.41. The van der Waals surface area contributed by atoms with Gasteiger partial charge in [-0.05, 0) is 54.4 Å². The zero-order chi connectivity index (χ0) is 15.3. The van der Waals surface area contributed by atoms with Gasteiger partial charge in [0.05, 0.1) is 0 Å². The van der Waals surface area contributed by atoms with E-state index in [1.807, 2.05) is 0 Å². The van der Waals surface area contributed by atoms with Crippen molar-refractivity contribution in [3.05, 3.63) is 6.42 Å². The summed E-state index contributed by atoms with van der Waals surface area (Å²) in [6, 6.07) is -0.748. The molecule has 0 heterocycles. The van der Waals surface area contributed by atoms with Crippen LogP contribution in [0.2, 0.25) is 0 Å². The van der Waals surface area contributed by atoms with Gasteiger partial charge in [-0.3, -0.25) is 9.59 Å². The van der Waals surface area contributed by atoms with Crippen LogP contribution in [0.1, 0.15) is 54.4 Å². The summed E-state index contributed by atoms with van der Waals surface area (Å²) in [6.07, 6.45) is 2.06. The highest BCUT2D eigenvalue weighted by molar-refractivity contribution is 5.76. The normalized spacial score (nSPS) is 13.8. The van der Waals surface area contributed by atoms with E-state index < -0.39 is 23.2 Å². The van der Waals surface area contributed by atoms with Crippen LogP contribution in [0, 0.1) is 6.42 Å². The van der Waals surface area contributed by atoms with Crippen LogP contribution in [0.15, 0.2) is 0 Å². The zero-order valence-electron chi connectivity index (χ0n) is 12.8. The van der Waals surface area contributed by atoms with Crippen molar-refractivity contribution < 1.29 is 19.1 Å². The van der Waals surface area contributed by atoms with Crippen LogP contribution in [-0.2, 0) is 19.1 Å². The molecule has 2 N–H and O–H groups in total. The third-order valence-electron chi connectivity index (χ3n) is 1.86. The number of ether oxygens (including phenoxy) is 2. The molecule has 0 rings (SSSR count). The van der Waals surface area contributed by atoms with Gasteiger partial charge >= 0.3 is 11.9 Å². The Hall–Kier alpha value is -1.10. The molecule has 5 heteroatoms. The van der Waals surface area contributed by atoms with Gasteiger partial charge in [-0.1, -0.05) is 0 Å². The van der Waals surface area contributed by atoms with Gasteiger partial charge in [0.2, 0.25) is 0 Å².